The second kappa shape index (κ2) is 9.00. The highest BCUT2D eigenvalue weighted by Gasteiger charge is 2.24. The molecule has 0 aliphatic rings. The lowest BCUT2D eigenvalue weighted by atomic mass is 10.0. The van der Waals surface area contributed by atoms with E-state index in [2.05, 4.69) is 6.92 Å². The number of hydrogen-bond acceptors (Lipinski definition) is 0. The summed E-state index contributed by atoms with van der Waals surface area (Å²) in [6.07, 6.45) is 7.09. The van der Waals surface area contributed by atoms with Crippen molar-refractivity contribution < 1.29 is 22.0 Å². The van der Waals surface area contributed by atoms with Crippen LogP contribution in [0.2, 0.25) is 0 Å². The van der Waals surface area contributed by atoms with Crippen LogP contribution in [-0.4, -0.2) is 0 Å². The van der Waals surface area contributed by atoms with Crippen molar-refractivity contribution in [3.05, 3.63) is 41.6 Å². The summed E-state index contributed by atoms with van der Waals surface area (Å²) in [5.74, 6) is -9.24. The normalized spacial score (nSPS) is 11.1. The third kappa shape index (κ3) is 4.97. The van der Waals surface area contributed by atoms with Crippen molar-refractivity contribution >= 4 is 0 Å². The Kier molecular flexibility index (Phi) is 7.68. The number of hydrogen-bond donors (Lipinski definition) is 0. The van der Waals surface area contributed by atoms with Gasteiger partial charge in [0.2, 0.25) is 5.82 Å². The van der Waals surface area contributed by atoms with E-state index in [-0.39, 0.29) is 6.42 Å². The fourth-order valence-electron chi connectivity index (χ4n) is 2.23. The molecule has 21 heavy (non-hydrogen) atoms. The summed E-state index contributed by atoms with van der Waals surface area (Å²) in [6.45, 7) is 3.74. The molecule has 0 fully saturated rings. The molecule has 0 bridgehead atoms. The molecule has 0 N–H and O–H groups in total. The van der Waals surface area contributed by atoms with Gasteiger partial charge in [-0.25, -0.2) is 22.0 Å². The van der Waals surface area contributed by atoms with Crippen molar-refractivity contribution in [3.8, 4) is 0 Å². The van der Waals surface area contributed by atoms with Crippen LogP contribution in [0.4, 0.5) is 22.0 Å². The molecule has 0 spiro atoms. The second-order valence-corrected chi connectivity index (χ2v) is 5.13. The Bertz CT molecular complexity index is 427. The summed E-state index contributed by atoms with van der Waals surface area (Å²) in [5, 5.41) is 0. The molecule has 1 rings (SSSR count). The standard InChI is InChI=1S/C16H20F5/c1-2-3-4-5-6-7-8-9-10-11-12(17)14(19)16(21)15(20)13(11)18/h1-10H2. The summed E-state index contributed by atoms with van der Waals surface area (Å²) in [6, 6.07) is 0. The lowest BCUT2D eigenvalue weighted by Crippen LogP contribution is -2.07. The van der Waals surface area contributed by atoms with Crippen molar-refractivity contribution in [3.63, 3.8) is 0 Å². The zero-order chi connectivity index (χ0) is 15.8. The average molecular weight is 307 g/mol. The minimum absolute atomic E-state index is 0.134. The van der Waals surface area contributed by atoms with E-state index in [0.29, 0.717) is 12.8 Å². The summed E-state index contributed by atoms with van der Waals surface area (Å²) in [7, 11) is 0. The van der Waals surface area contributed by atoms with Crippen LogP contribution in [0.5, 0.6) is 0 Å². The van der Waals surface area contributed by atoms with Gasteiger partial charge in [-0.05, 0) is 12.8 Å². The molecule has 0 aliphatic carbocycles. The Morgan fingerprint density at radius 3 is 1.38 bits per heavy atom. The van der Waals surface area contributed by atoms with Crippen LogP contribution in [0.3, 0.4) is 0 Å². The molecule has 0 nitrogen and oxygen atoms in total. The first-order valence-electron chi connectivity index (χ1n) is 7.30. The first-order valence-corrected chi connectivity index (χ1v) is 7.30. The maximum Gasteiger partial charge on any atom is 0.200 e. The fourth-order valence-corrected chi connectivity index (χ4v) is 2.23. The van der Waals surface area contributed by atoms with Crippen LogP contribution < -0.4 is 0 Å². The molecule has 0 saturated heterocycles. The van der Waals surface area contributed by atoms with Crippen LogP contribution in [0.25, 0.3) is 0 Å². The van der Waals surface area contributed by atoms with E-state index < -0.39 is 34.6 Å². The van der Waals surface area contributed by atoms with Gasteiger partial charge in [-0.2, -0.15) is 0 Å². The fraction of sp³-hybridized carbons (Fsp3) is 0.562. The van der Waals surface area contributed by atoms with Crippen molar-refractivity contribution in [2.45, 2.75) is 57.8 Å². The summed E-state index contributed by atoms with van der Waals surface area (Å²) < 4.78 is 65.6. The van der Waals surface area contributed by atoms with Crippen LogP contribution in [-0.2, 0) is 6.42 Å². The molecule has 1 aromatic carbocycles. The van der Waals surface area contributed by atoms with Crippen molar-refractivity contribution in [1.82, 2.24) is 0 Å². The molecule has 1 radical (unpaired) electrons. The minimum Gasteiger partial charge on any atom is -0.203 e. The molecule has 0 saturated carbocycles. The first kappa shape index (κ1) is 17.9. The largest absolute Gasteiger partial charge is 0.203 e. The topological polar surface area (TPSA) is 0 Å². The smallest absolute Gasteiger partial charge is 0.200 e. The molecule has 0 aromatic heterocycles. The van der Waals surface area contributed by atoms with Crippen LogP contribution in [0, 0.1) is 36.0 Å². The lowest BCUT2D eigenvalue weighted by Gasteiger charge is -2.08. The minimum atomic E-state index is -2.10. The Balaban J connectivity index is 2.43. The van der Waals surface area contributed by atoms with Crippen molar-refractivity contribution in [2.75, 3.05) is 0 Å². The molecule has 1 aromatic rings. The van der Waals surface area contributed by atoms with E-state index in [1.54, 1.807) is 0 Å². The zero-order valence-electron chi connectivity index (χ0n) is 12.0. The number of benzene rings is 1. The highest BCUT2D eigenvalue weighted by Crippen LogP contribution is 2.24. The maximum atomic E-state index is 13.4. The predicted octanol–water partition coefficient (Wildman–Crippen LogP) is 5.88. The summed E-state index contributed by atoms with van der Waals surface area (Å²) in [5.41, 5.74) is -0.705. The molecule has 0 atom stereocenters. The van der Waals surface area contributed by atoms with E-state index in [1.807, 2.05) is 0 Å². The van der Waals surface area contributed by atoms with Gasteiger partial charge in [-0.3, -0.25) is 0 Å². The molecule has 0 unspecified atom stereocenters. The van der Waals surface area contributed by atoms with Crippen LogP contribution in [0.15, 0.2) is 0 Å². The quantitative estimate of drug-likeness (QED) is 0.231. The predicted molar refractivity (Wildman–Crippen MR) is 72.2 cm³/mol. The monoisotopic (exact) mass is 307 g/mol. The van der Waals surface area contributed by atoms with E-state index in [0.717, 1.165) is 38.5 Å². The van der Waals surface area contributed by atoms with Gasteiger partial charge in [0, 0.05) is 5.56 Å². The number of halogens is 5. The van der Waals surface area contributed by atoms with E-state index >= 15 is 0 Å². The second-order valence-electron chi connectivity index (χ2n) is 5.13. The molecule has 5 heteroatoms. The first-order chi connectivity index (χ1) is 10.0. The SMILES string of the molecule is [CH2]CCCCCCCCCc1c(F)c(F)c(F)c(F)c1F. The van der Waals surface area contributed by atoms with E-state index in [9.17, 15) is 22.0 Å². The Morgan fingerprint density at radius 1 is 0.524 bits per heavy atom. The summed E-state index contributed by atoms with van der Waals surface area (Å²) in [4.78, 5) is 0. The Labute approximate surface area is 122 Å². The van der Waals surface area contributed by atoms with Crippen molar-refractivity contribution in [2.24, 2.45) is 0 Å². The van der Waals surface area contributed by atoms with Gasteiger partial charge in [0.05, 0.1) is 0 Å². The molecule has 119 valence electrons. The van der Waals surface area contributed by atoms with Gasteiger partial charge in [0.15, 0.2) is 23.3 Å². The molecular weight excluding hydrogens is 287 g/mol. The maximum absolute atomic E-state index is 13.4. The zero-order valence-corrected chi connectivity index (χ0v) is 12.0. The van der Waals surface area contributed by atoms with Crippen LogP contribution in [0.1, 0.15) is 56.9 Å². The van der Waals surface area contributed by atoms with Gasteiger partial charge in [0.1, 0.15) is 0 Å². The van der Waals surface area contributed by atoms with E-state index in [1.165, 1.54) is 0 Å². The van der Waals surface area contributed by atoms with Crippen molar-refractivity contribution in [1.29, 1.82) is 0 Å². The van der Waals surface area contributed by atoms with E-state index in [4.69, 9.17) is 0 Å². The van der Waals surface area contributed by atoms with Gasteiger partial charge >= 0.3 is 0 Å². The summed E-state index contributed by atoms with van der Waals surface area (Å²) >= 11 is 0. The average Bonchev–Trinajstić information content (AvgIpc) is 2.49. The van der Waals surface area contributed by atoms with Gasteiger partial charge in [0.25, 0.3) is 0 Å². The number of rotatable bonds is 9. The Morgan fingerprint density at radius 2 is 0.905 bits per heavy atom. The van der Waals surface area contributed by atoms with Gasteiger partial charge < -0.3 is 0 Å². The lowest BCUT2D eigenvalue weighted by molar-refractivity contribution is 0.368. The van der Waals surface area contributed by atoms with Gasteiger partial charge in [-0.1, -0.05) is 51.9 Å². The van der Waals surface area contributed by atoms with Gasteiger partial charge in [-0.15, -0.1) is 0 Å². The molecule has 0 heterocycles. The highest BCUT2D eigenvalue weighted by atomic mass is 19.2. The van der Waals surface area contributed by atoms with Crippen LogP contribution >= 0.6 is 0 Å². The number of unbranched alkanes of at least 4 members (excludes halogenated alkanes) is 7. The molecule has 0 amide bonds. The molecule has 0 aliphatic heterocycles. The Hall–Kier alpha value is -1.13. The third-order valence-corrected chi connectivity index (χ3v) is 3.48. The third-order valence-electron chi connectivity index (χ3n) is 3.48. The molecular formula is C16H20F5. The highest BCUT2D eigenvalue weighted by molar-refractivity contribution is 5.24.